The smallest absolute Gasteiger partial charge is 0.319 e. The maximum absolute atomic E-state index is 12.5. The van der Waals surface area contributed by atoms with E-state index < -0.39 is 0 Å². The molecule has 3 rings (SSSR count). The first-order valence-corrected chi connectivity index (χ1v) is 8.51. The number of benzene rings is 2. The van der Waals surface area contributed by atoms with E-state index in [1.807, 2.05) is 61.7 Å². The number of methoxy groups -OCH3 is 2. The van der Waals surface area contributed by atoms with Gasteiger partial charge in [0.05, 0.1) is 31.6 Å². The first kappa shape index (κ1) is 18.3. The van der Waals surface area contributed by atoms with Gasteiger partial charge in [-0.15, -0.1) is 0 Å². The largest absolute Gasteiger partial charge is 0.497 e. The number of hydrogen-bond donors (Lipinski definition) is 2. The molecule has 7 nitrogen and oxygen atoms in total. The summed E-state index contributed by atoms with van der Waals surface area (Å²) in [5, 5.41) is 10.0. The number of carbonyl (C=O) groups excluding carboxylic acids is 1. The Hall–Kier alpha value is -3.48. The van der Waals surface area contributed by atoms with Gasteiger partial charge in [-0.3, -0.25) is 0 Å². The summed E-state index contributed by atoms with van der Waals surface area (Å²) in [6.45, 7) is 1.89. The topological polar surface area (TPSA) is 77.4 Å². The number of hydrogen-bond acceptors (Lipinski definition) is 4. The van der Waals surface area contributed by atoms with Gasteiger partial charge < -0.3 is 20.1 Å². The Balaban J connectivity index is 1.76. The van der Waals surface area contributed by atoms with Crippen molar-refractivity contribution in [2.24, 2.45) is 0 Å². The number of nitrogens with zero attached hydrogens (tertiary/aromatic N) is 2. The van der Waals surface area contributed by atoms with Gasteiger partial charge in [0.15, 0.2) is 0 Å². The predicted molar refractivity (Wildman–Crippen MR) is 104 cm³/mol. The summed E-state index contributed by atoms with van der Waals surface area (Å²) in [6, 6.07) is 14.2. The predicted octanol–water partition coefficient (Wildman–Crippen LogP) is 3.77. The Morgan fingerprint density at radius 2 is 1.93 bits per heavy atom. The van der Waals surface area contributed by atoms with Crippen LogP contribution in [-0.4, -0.2) is 30.0 Å². The third-order valence-electron chi connectivity index (χ3n) is 4.15. The number of carbonyl (C=O) groups is 1. The van der Waals surface area contributed by atoms with E-state index in [2.05, 4.69) is 15.7 Å². The molecular formula is C20H22N4O3. The molecule has 0 saturated carbocycles. The summed E-state index contributed by atoms with van der Waals surface area (Å²) in [6.07, 6.45) is 3.51. The number of ether oxygens (including phenoxy) is 2. The van der Waals surface area contributed by atoms with Crippen molar-refractivity contribution in [3.05, 3.63) is 66.5 Å². The fourth-order valence-corrected chi connectivity index (χ4v) is 2.80. The summed E-state index contributed by atoms with van der Waals surface area (Å²) in [5.41, 5.74) is 2.26. The Morgan fingerprint density at radius 1 is 1.11 bits per heavy atom. The summed E-state index contributed by atoms with van der Waals surface area (Å²) in [7, 11) is 3.20. The number of rotatable bonds is 6. The van der Waals surface area contributed by atoms with Crippen molar-refractivity contribution < 1.29 is 14.3 Å². The Kier molecular flexibility index (Phi) is 5.61. The highest BCUT2D eigenvalue weighted by Gasteiger charge is 2.16. The third-order valence-corrected chi connectivity index (χ3v) is 4.15. The zero-order valence-electron chi connectivity index (χ0n) is 15.5. The summed E-state index contributed by atoms with van der Waals surface area (Å²) >= 11 is 0. The lowest BCUT2D eigenvalue weighted by Crippen LogP contribution is -2.31. The van der Waals surface area contributed by atoms with Crippen LogP contribution in [0.3, 0.4) is 0 Å². The molecule has 2 N–H and O–H groups in total. The molecule has 0 fully saturated rings. The van der Waals surface area contributed by atoms with E-state index in [9.17, 15) is 4.79 Å². The molecule has 1 unspecified atom stereocenters. The quantitative estimate of drug-likeness (QED) is 0.696. The zero-order chi connectivity index (χ0) is 19.2. The van der Waals surface area contributed by atoms with Crippen molar-refractivity contribution >= 4 is 11.7 Å². The first-order chi connectivity index (χ1) is 13.1. The van der Waals surface area contributed by atoms with Gasteiger partial charge >= 0.3 is 6.03 Å². The minimum atomic E-state index is -0.327. The second-order valence-electron chi connectivity index (χ2n) is 5.90. The molecular weight excluding hydrogens is 344 g/mol. The second-order valence-corrected chi connectivity index (χ2v) is 5.90. The molecule has 0 saturated heterocycles. The van der Waals surface area contributed by atoms with Crippen LogP contribution >= 0.6 is 0 Å². The van der Waals surface area contributed by atoms with Crippen LogP contribution in [0.25, 0.3) is 5.69 Å². The van der Waals surface area contributed by atoms with E-state index in [1.54, 1.807) is 25.1 Å². The highest BCUT2D eigenvalue weighted by molar-refractivity contribution is 5.91. The van der Waals surface area contributed by atoms with Crippen LogP contribution in [0.1, 0.15) is 18.5 Å². The minimum absolute atomic E-state index is 0.285. The maximum atomic E-state index is 12.5. The molecule has 2 aromatic carbocycles. The van der Waals surface area contributed by atoms with E-state index in [0.717, 1.165) is 11.3 Å². The number of amides is 2. The summed E-state index contributed by atoms with van der Waals surface area (Å²) < 4.78 is 12.4. The van der Waals surface area contributed by atoms with Crippen LogP contribution in [0.4, 0.5) is 10.5 Å². The van der Waals surface area contributed by atoms with Crippen LogP contribution in [0, 0.1) is 0 Å². The van der Waals surface area contributed by atoms with Gasteiger partial charge in [-0.05, 0) is 43.3 Å². The lowest BCUT2D eigenvalue weighted by atomic mass is 10.1. The fraction of sp³-hybridized carbons (Fsp3) is 0.200. The average molecular weight is 366 g/mol. The molecule has 0 aliphatic heterocycles. The van der Waals surface area contributed by atoms with Crippen molar-refractivity contribution in [3.63, 3.8) is 0 Å². The highest BCUT2D eigenvalue weighted by Crippen LogP contribution is 2.29. The zero-order valence-corrected chi connectivity index (χ0v) is 15.5. The van der Waals surface area contributed by atoms with Gasteiger partial charge in [0, 0.05) is 18.0 Å². The molecule has 140 valence electrons. The Morgan fingerprint density at radius 3 is 2.63 bits per heavy atom. The molecule has 0 spiro atoms. The molecule has 7 heteroatoms. The van der Waals surface area contributed by atoms with Gasteiger partial charge in [-0.1, -0.05) is 12.1 Å². The van der Waals surface area contributed by atoms with Crippen LogP contribution in [0.2, 0.25) is 0 Å². The molecule has 0 aliphatic rings. The number of anilines is 1. The van der Waals surface area contributed by atoms with Gasteiger partial charge in [-0.25, -0.2) is 9.48 Å². The molecule has 0 radical (unpaired) electrons. The normalized spacial score (nSPS) is 11.5. The van der Waals surface area contributed by atoms with Crippen molar-refractivity contribution in [1.82, 2.24) is 15.1 Å². The van der Waals surface area contributed by atoms with Crippen molar-refractivity contribution in [1.29, 1.82) is 0 Å². The van der Waals surface area contributed by atoms with E-state index in [-0.39, 0.29) is 12.1 Å². The third kappa shape index (κ3) is 4.20. The molecule has 1 heterocycles. The maximum Gasteiger partial charge on any atom is 0.319 e. The fourth-order valence-electron chi connectivity index (χ4n) is 2.80. The van der Waals surface area contributed by atoms with E-state index in [0.29, 0.717) is 17.2 Å². The second kappa shape index (κ2) is 8.27. The SMILES string of the molecule is COc1ccc(OC)c(C(C)NC(=O)Nc2ccccc2-n2cccn2)c1. The minimum Gasteiger partial charge on any atom is -0.497 e. The van der Waals surface area contributed by atoms with E-state index in [4.69, 9.17) is 9.47 Å². The average Bonchev–Trinajstić information content (AvgIpc) is 3.22. The summed E-state index contributed by atoms with van der Waals surface area (Å²) in [5.74, 6) is 1.38. The summed E-state index contributed by atoms with van der Waals surface area (Å²) in [4.78, 5) is 12.5. The van der Waals surface area contributed by atoms with Crippen molar-refractivity contribution in [2.45, 2.75) is 13.0 Å². The molecule has 3 aromatic rings. The lowest BCUT2D eigenvalue weighted by Gasteiger charge is -2.19. The standard InChI is InChI=1S/C20H22N4O3/c1-14(16-13-15(26-2)9-10-19(16)27-3)22-20(25)23-17-7-4-5-8-18(17)24-12-6-11-21-24/h4-14H,1-3H3,(H2,22,23,25). The Bertz CT molecular complexity index is 909. The number of urea groups is 1. The highest BCUT2D eigenvalue weighted by atomic mass is 16.5. The number of aromatic nitrogens is 2. The van der Waals surface area contributed by atoms with Gasteiger partial charge in [0.1, 0.15) is 11.5 Å². The van der Waals surface area contributed by atoms with Gasteiger partial charge in [0.25, 0.3) is 0 Å². The Labute approximate surface area is 157 Å². The van der Waals surface area contributed by atoms with Crippen LogP contribution in [0.5, 0.6) is 11.5 Å². The van der Waals surface area contributed by atoms with E-state index >= 15 is 0 Å². The lowest BCUT2D eigenvalue weighted by molar-refractivity contribution is 0.249. The number of nitrogens with one attached hydrogen (secondary N) is 2. The van der Waals surface area contributed by atoms with Crippen LogP contribution in [-0.2, 0) is 0 Å². The van der Waals surface area contributed by atoms with E-state index in [1.165, 1.54) is 0 Å². The molecule has 0 aliphatic carbocycles. The molecule has 0 bridgehead atoms. The molecule has 1 aromatic heterocycles. The van der Waals surface area contributed by atoms with Crippen LogP contribution < -0.4 is 20.1 Å². The van der Waals surface area contributed by atoms with Gasteiger partial charge in [0.2, 0.25) is 0 Å². The first-order valence-electron chi connectivity index (χ1n) is 8.51. The van der Waals surface area contributed by atoms with Crippen LogP contribution in [0.15, 0.2) is 60.9 Å². The van der Waals surface area contributed by atoms with Crippen molar-refractivity contribution in [2.75, 3.05) is 19.5 Å². The molecule has 1 atom stereocenters. The van der Waals surface area contributed by atoms with Crippen molar-refractivity contribution in [3.8, 4) is 17.2 Å². The van der Waals surface area contributed by atoms with Gasteiger partial charge in [-0.2, -0.15) is 5.10 Å². The molecule has 27 heavy (non-hydrogen) atoms. The monoisotopic (exact) mass is 366 g/mol. The molecule has 2 amide bonds. The number of para-hydroxylation sites is 2.